The number of nitrogens with zero attached hydrogens (tertiary/aromatic N) is 2. The molecule has 4 aromatic rings. The zero-order valence-corrected chi connectivity index (χ0v) is 24.6. The van der Waals surface area contributed by atoms with Gasteiger partial charge in [0.15, 0.2) is 4.80 Å². The van der Waals surface area contributed by atoms with Crippen LogP contribution in [0.5, 0.6) is 11.5 Å². The maximum absolute atomic E-state index is 13.9. The third-order valence-electron chi connectivity index (χ3n) is 6.59. The topological polar surface area (TPSA) is 79.1 Å². The molecule has 0 bridgehead atoms. The molecule has 3 aromatic carbocycles. The number of para-hydroxylation sites is 1. The van der Waals surface area contributed by atoms with Crippen molar-refractivity contribution in [3.8, 4) is 11.5 Å². The van der Waals surface area contributed by atoms with Crippen LogP contribution in [-0.2, 0) is 16.1 Å². The number of fused-ring (bicyclic) bond motifs is 1. The number of allylic oxidation sites excluding steroid dienone is 1. The van der Waals surface area contributed by atoms with Gasteiger partial charge in [0.1, 0.15) is 30.0 Å². The first-order valence-corrected chi connectivity index (χ1v) is 14.5. The molecule has 0 amide bonds. The average molecular weight is 587 g/mol. The highest BCUT2D eigenvalue weighted by Crippen LogP contribution is 2.36. The van der Waals surface area contributed by atoms with E-state index in [0.717, 1.165) is 11.1 Å². The van der Waals surface area contributed by atoms with Crippen LogP contribution in [0.25, 0.3) is 6.08 Å². The molecule has 0 fully saturated rings. The lowest BCUT2D eigenvalue weighted by atomic mass is 9.95. The number of benzene rings is 3. The van der Waals surface area contributed by atoms with Crippen LogP contribution in [0.15, 0.2) is 93.9 Å². The number of ether oxygens (including phenoxy) is 3. The van der Waals surface area contributed by atoms with Gasteiger partial charge in [-0.25, -0.2) is 14.2 Å². The molecule has 1 atom stereocenters. The Hall–Kier alpha value is -4.50. The Balaban J connectivity index is 1.52. The molecule has 0 saturated heterocycles. The van der Waals surface area contributed by atoms with Crippen molar-refractivity contribution in [1.82, 2.24) is 4.57 Å². The van der Waals surface area contributed by atoms with Crippen LogP contribution in [0, 0.1) is 5.82 Å². The minimum Gasteiger partial charge on any atom is -0.491 e. The first kappa shape index (κ1) is 29.0. The van der Waals surface area contributed by atoms with E-state index in [-0.39, 0.29) is 24.1 Å². The van der Waals surface area contributed by atoms with Crippen LogP contribution < -0.4 is 24.4 Å². The molecule has 0 aliphatic carbocycles. The Kier molecular flexibility index (Phi) is 8.68. The molecule has 0 saturated carbocycles. The van der Waals surface area contributed by atoms with Gasteiger partial charge in [0.05, 0.1) is 28.5 Å². The molecule has 0 unspecified atom stereocenters. The number of aromatic nitrogens is 1. The van der Waals surface area contributed by atoms with E-state index in [1.54, 1.807) is 36.6 Å². The summed E-state index contributed by atoms with van der Waals surface area (Å²) in [6, 6.07) is 20.2. The molecule has 216 valence electrons. The number of rotatable bonds is 9. The number of hydrogen-bond acceptors (Lipinski definition) is 7. The SMILES string of the molecule is CCOC(=O)C1=C(C)N=c2s/c(=C/c3ccc(OCc4ccc(F)cc4)cc3)c(=O)n2[C@@H]1c1ccccc1OC(C)C. The van der Waals surface area contributed by atoms with Gasteiger partial charge in [0.25, 0.3) is 5.56 Å². The van der Waals surface area contributed by atoms with Crippen molar-refractivity contribution in [3.63, 3.8) is 0 Å². The Bertz CT molecular complexity index is 1800. The lowest BCUT2D eigenvalue weighted by Crippen LogP contribution is -2.40. The van der Waals surface area contributed by atoms with E-state index in [0.29, 0.717) is 44.3 Å². The molecule has 1 aliphatic heterocycles. The molecular weight excluding hydrogens is 555 g/mol. The first-order valence-electron chi connectivity index (χ1n) is 13.7. The summed E-state index contributed by atoms with van der Waals surface area (Å²) in [6.45, 7) is 7.85. The molecule has 42 heavy (non-hydrogen) atoms. The van der Waals surface area contributed by atoms with Crippen molar-refractivity contribution in [2.45, 2.75) is 46.4 Å². The fourth-order valence-electron chi connectivity index (χ4n) is 4.71. The second-order valence-electron chi connectivity index (χ2n) is 9.99. The summed E-state index contributed by atoms with van der Waals surface area (Å²) < 4.78 is 32.5. The van der Waals surface area contributed by atoms with E-state index in [9.17, 15) is 14.0 Å². The molecule has 2 heterocycles. The molecule has 1 aliphatic rings. The predicted octanol–water partition coefficient (Wildman–Crippen LogP) is 5.30. The molecular formula is C33H31FN2O5S. The Labute approximate surface area is 246 Å². The van der Waals surface area contributed by atoms with Crippen molar-refractivity contribution < 1.29 is 23.4 Å². The van der Waals surface area contributed by atoms with Crippen molar-refractivity contribution in [2.24, 2.45) is 4.99 Å². The zero-order valence-electron chi connectivity index (χ0n) is 23.8. The number of carbonyl (C=O) groups excluding carboxylic acids is 1. The summed E-state index contributed by atoms with van der Waals surface area (Å²) in [6.07, 6.45) is 1.69. The van der Waals surface area contributed by atoms with Crippen molar-refractivity contribution in [2.75, 3.05) is 6.61 Å². The third kappa shape index (κ3) is 6.21. The average Bonchev–Trinajstić information content (AvgIpc) is 3.27. The second kappa shape index (κ2) is 12.6. The lowest BCUT2D eigenvalue weighted by molar-refractivity contribution is -0.139. The van der Waals surface area contributed by atoms with E-state index in [2.05, 4.69) is 4.99 Å². The molecule has 0 N–H and O–H groups in total. The first-order chi connectivity index (χ1) is 20.2. The number of carbonyl (C=O) groups is 1. The standard InChI is InChI=1S/C33H31FN2O5S/c1-5-39-32(38)29-21(4)35-33-36(30(29)26-8-6-7-9-27(26)41-20(2)3)31(37)28(42-33)18-22-12-16-25(17-13-22)40-19-23-10-14-24(34)15-11-23/h6-18,20,30H,5,19H2,1-4H3/b28-18+/t30-/m1/s1. The van der Waals surface area contributed by atoms with Crippen LogP contribution in [-0.4, -0.2) is 23.2 Å². The maximum Gasteiger partial charge on any atom is 0.338 e. The maximum atomic E-state index is 13.9. The third-order valence-corrected chi connectivity index (χ3v) is 7.57. The van der Waals surface area contributed by atoms with Gasteiger partial charge < -0.3 is 14.2 Å². The summed E-state index contributed by atoms with van der Waals surface area (Å²) in [4.78, 5) is 32.3. The largest absolute Gasteiger partial charge is 0.491 e. The van der Waals surface area contributed by atoms with Gasteiger partial charge >= 0.3 is 5.97 Å². The summed E-state index contributed by atoms with van der Waals surface area (Å²) in [5.41, 5.74) is 2.87. The number of thiazole rings is 1. The van der Waals surface area contributed by atoms with Crippen LogP contribution in [0.4, 0.5) is 4.39 Å². The quantitative estimate of drug-likeness (QED) is 0.249. The Morgan fingerprint density at radius 3 is 2.48 bits per heavy atom. The smallest absolute Gasteiger partial charge is 0.338 e. The summed E-state index contributed by atoms with van der Waals surface area (Å²) in [5.74, 6) is 0.419. The van der Waals surface area contributed by atoms with E-state index in [1.807, 2.05) is 62.4 Å². The highest BCUT2D eigenvalue weighted by molar-refractivity contribution is 7.07. The highest BCUT2D eigenvalue weighted by Gasteiger charge is 2.35. The van der Waals surface area contributed by atoms with Crippen LogP contribution >= 0.6 is 11.3 Å². The van der Waals surface area contributed by atoms with E-state index < -0.39 is 12.0 Å². The molecule has 1 aromatic heterocycles. The zero-order chi connectivity index (χ0) is 29.8. The molecule has 7 nitrogen and oxygen atoms in total. The van der Waals surface area contributed by atoms with Crippen LogP contribution in [0.2, 0.25) is 0 Å². The van der Waals surface area contributed by atoms with E-state index >= 15 is 0 Å². The summed E-state index contributed by atoms with van der Waals surface area (Å²) in [7, 11) is 0. The van der Waals surface area contributed by atoms with Gasteiger partial charge in [-0.1, -0.05) is 53.8 Å². The molecule has 0 radical (unpaired) electrons. The number of halogens is 1. The van der Waals surface area contributed by atoms with Crippen molar-refractivity contribution >= 4 is 23.4 Å². The van der Waals surface area contributed by atoms with Gasteiger partial charge in [-0.3, -0.25) is 9.36 Å². The molecule has 0 spiro atoms. The van der Waals surface area contributed by atoms with Gasteiger partial charge in [-0.2, -0.15) is 0 Å². The van der Waals surface area contributed by atoms with Gasteiger partial charge in [0.2, 0.25) is 0 Å². The van der Waals surface area contributed by atoms with Crippen molar-refractivity contribution in [1.29, 1.82) is 0 Å². The number of esters is 1. The predicted molar refractivity (Wildman–Crippen MR) is 160 cm³/mol. The minimum atomic E-state index is -0.764. The second-order valence-corrected chi connectivity index (χ2v) is 11.0. The summed E-state index contributed by atoms with van der Waals surface area (Å²) >= 11 is 1.26. The van der Waals surface area contributed by atoms with Crippen LogP contribution in [0.3, 0.4) is 0 Å². The number of hydrogen-bond donors (Lipinski definition) is 0. The molecule has 9 heteroatoms. The van der Waals surface area contributed by atoms with Crippen LogP contribution in [0.1, 0.15) is 50.4 Å². The van der Waals surface area contributed by atoms with E-state index in [1.165, 1.54) is 23.5 Å². The Morgan fingerprint density at radius 1 is 1.07 bits per heavy atom. The van der Waals surface area contributed by atoms with Gasteiger partial charge in [0, 0.05) is 5.56 Å². The van der Waals surface area contributed by atoms with Gasteiger partial charge in [-0.05, 0) is 75.2 Å². The minimum absolute atomic E-state index is 0.110. The van der Waals surface area contributed by atoms with E-state index in [4.69, 9.17) is 14.2 Å². The molecule has 5 rings (SSSR count). The fraction of sp³-hybridized carbons (Fsp3) is 0.242. The Morgan fingerprint density at radius 2 is 1.79 bits per heavy atom. The van der Waals surface area contributed by atoms with Crippen molar-refractivity contribution in [3.05, 3.63) is 126 Å². The van der Waals surface area contributed by atoms with Gasteiger partial charge in [-0.15, -0.1) is 0 Å². The monoisotopic (exact) mass is 586 g/mol. The lowest BCUT2D eigenvalue weighted by Gasteiger charge is -2.26. The summed E-state index contributed by atoms with van der Waals surface area (Å²) in [5, 5.41) is 0. The highest BCUT2D eigenvalue weighted by atomic mass is 32.1. The normalized spacial score (nSPS) is 14.9. The fourth-order valence-corrected chi connectivity index (χ4v) is 5.76.